The third-order valence-electron chi connectivity index (χ3n) is 5.97. The van der Waals surface area contributed by atoms with Gasteiger partial charge in [0.15, 0.2) is 0 Å². The van der Waals surface area contributed by atoms with E-state index in [9.17, 15) is 8.78 Å². The summed E-state index contributed by atoms with van der Waals surface area (Å²) in [6, 6.07) is 6.91. The Balaban J connectivity index is 1.62. The molecule has 2 aliphatic rings. The average molecular weight is 348 g/mol. The summed E-state index contributed by atoms with van der Waals surface area (Å²) in [6.45, 7) is 7.71. The number of rotatable bonds is 3. The van der Waals surface area contributed by atoms with Crippen molar-refractivity contribution in [3.63, 3.8) is 0 Å². The summed E-state index contributed by atoms with van der Waals surface area (Å²) in [5.41, 5.74) is 0.229. The van der Waals surface area contributed by atoms with Gasteiger partial charge in [-0.1, -0.05) is 18.2 Å². The molecular formula is C20H27BF2O2. The van der Waals surface area contributed by atoms with E-state index in [1.807, 2.05) is 39.8 Å². The van der Waals surface area contributed by atoms with Crippen molar-refractivity contribution in [3.8, 4) is 0 Å². The lowest BCUT2D eigenvalue weighted by Gasteiger charge is -2.32. The summed E-state index contributed by atoms with van der Waals surface area (Å²) in [5, 5.41) is 0. The third kappa shape index (κ3) is 3.82. The van der Waals surface area contributed by atoms with Gasteiger partial charge < -0.3 is 9.31 Å². The molecule has 0 radical (unpaired) electrons. The zero-order valence-electron chi connectivity index (χ0n) is 15.6. The minimum absolute atomic E-state index is 0.146. The van der Waals surface area contributed by atoms with Crippen molar-refractivity contribution in [3.05, 3.63) is 46.9 Å². The largest absolute Gasteiger partial charge is 0.525 e. The lowest BCUT2D eigenvalue weighted by Crippen LogP contribution is -2.41. The molecule has 0 spiro atoms. The van der Waals surface area contributed by atoms with Crippen LogP contribution in [0.2, 0.25) is 0 Å². The van der Waals surface area contributed by atoms with Gasteiger partial charge in [-0.2, -0.15) is 0 Å². The number of benzene rings is 1. The van der Waals surface area contributed by atoms with Crippen molar-refractivity contribution in [2.75, 3.05) is 0 Å². The Hall–Kier alpha value is -1.20. The molecule has 5 heteroatoms. The topological polar surface area (TPSA) is 18.5 Å². The molecule has 0 atom stereocenters. The maximum Gasteiger partial charge on any atom is 0.525 e. The van der Waals surface area contributed by atoms with Gasteiger partial charge >= 0.3 is 7.12 Å². The highest BCUT2D eigenvalue weighted by Gasteiger charge is 2.53. The molecule has 0 aromatic heterocycles. The van der Waals surface area contributed by atoms with Crippen LogP contribution in [0.3, 0.4) is 0 Å². The minimum Gasteiger partial charge on any atom is -0.398 e. The van der Waals surface area contributed by atoms with Crippen LogP contribution in [0.1, 0.15) is 58.9 Å². The lowest BCUT2D eigenvalue weighted by molar-refractivity contribution is 0.00578. The zero-order chi connectivity index (χ0) is 18.2. The lowest BCUT2D eigenvalue weighted by atomic mass is 9.76. The normalized spacial score (nSPS) is 25.3. The average Bonchev–Trinajstić information content (AvgIpc) is 2.78. The predicted molar refractivity (Wildman–Crippen MR) is 96.3 cm³/mol. The van der Waals surface area contributed by atoms with Crippen LogP contribution in [-0.2, 0) is 15.7 Å². The summed E-state index contributed by atoms with van der Waals surface area (Å²) in [4.78, 5) is 0. The summed E-state index contributed by atoms with van der Waals surface area (Å²) in [5.74, 6) is 0.249. The van der Waals surface area contributed by atoms with Crippen LogP contribution < -0.4 is 0 Å². The van der Waals surface area contributed by atoms with E-state index in [1.54, 1.807) is 6.07 Å². The minimum atomic E-state index is -0.900. The second kappa shape index (κ2) is 6.84. The molecule has 0 amide bonds. The molecule has 1 heterocycles. The van der Waals surface area contributed by atoms with Gasteiger partial charge in [-0.25, -0.2) is 8.78 Å². The van der Waals surface area contributed by atoms with Crippen LogP contribution in [0.4, 0.5) is 8.78 Å². The van der Waals surface area contributed by atoms with Crippen molar-refractivity contribution in [1.29, 1.82) is 0 Å². The van der Waals surface area contributed by atoms with Gasteiger partial charge in [-0.15, -0.1) is 0 Å². The Kier molecular flexibility index (Phi) is 5.09. The Labute approximate surface area is 149 Å². The van der Waals surface area contributed by atoms with Crippen molar-refractivity contribution in [2.45, 2.75) is 71.0 Å². The third-order valence-corrected chi connectivity index (χ3v) is 5.97. The van der Waals surface area contributed by atoms with Gasteiger partial charge in [0, 0.05) is 0 Å². The molecule has 0 bridgehead atoms. The molecule has 3 rings (SSSR count). The van der Waals surface area contributed by atoms with E-state index in [4.69, 9.17) is 9.31 Å². The van der Waals surface area contributed by atoms with E-state index in [2.05, 4.69) is 0 Å². The van der Waals surface area contributed by atoms with Gasteiger partial charge in [0.05, 0.1) is 11.2 Å². The Morgan fingerprint density at radius 1 is 1.08 bits per heavy atom. The molecule has 2 nitrogen and oxygen atoms in total. The van der Waals surface area contributed by atoms with Crippen LogP contribution in [-0.4, -0.2) is 18.3 Å². The molecule has 136 valence electrons. The van der Waals surface area contributed by atoms with Crippen LogP contribution in [0, 0.1) is 11.7 Å². The van der Waals surface area contributed by atoms with E-state index in [0.29, 0.717) is 18.8 Å². The maximum absolute atomic E-state index is 14.9. The van der Waals surface area contributed by atoms with E-state index >= 15 is 0 Å². The first-order valence-electron chi connectivity index (χ1n) is 9.16. The summed E-state index contributed by atoms with van der Waals surface area (Å²) in [7, 11) is -0.900. The van der Waals surface area contributed by atoms with E-state index in [-0.39, 0.29) is 11.5 Å². The molecule has 25 heavy (non-hydrogen) atoms. The Morgan fingerprint density at radius 2 is 1.64 bits per heavy atom. The van der Waals surface area contributed by atoms with Crippen LogP contribution in [0.15, 0.2) is 35.6 Å². The SMILES string of the molecule is CC1(C)OB(C(F)=C2CCC(Cc3ccccc3F)CC2)OC1(C)C. The monoisotopic (exact) mass is 348 g/mol. The molecule has 1 saturated heterocycles. The molecule has 0 unspecified atom stereocenters. The summed E-state index contributed by atoms with van der Waals surface area (Å²) >= 11 is 0. The predicted octanol–water partition coefficient (Wildman–Crippen LogP) is 5.41. The zero-order valence-corrected chi connectivity index (χ0v) is 15.6. The van der Waals surface area contributed by atoms with Crippen molar-refractivity contribution in [1.82, 2.24) is 0 Å². The van der Waals surface area contributed by atoms with Crippen LogP contribution >= 0.6 is 0 Å². The highest BCUT2D eigenvalue weighted by molar-refractivity contribution is 6.53. The van der Waals surface area contributed by atoms with Crippen molar-refractivity contribution >= 4 is 7.12 Å². The highest BCUT2D eigenvalue weighted by atomic mass is 19.1. The molecule has 2 fully saturated rings. The van der Waals surface area contributed by atoms with E-state index in [0.717, 1.165) is 30.4 Å². The molecular weight excluding hydrogens is 321 g/mol. The quantitative estimate of drug-likeness (QED) is 0.680. The van der Waals surface area contributed by atoms with Crippen molar-refractivity contribution in [2.24, 2.45) is 5.92 Å². The van der Waals surface area contributed by atoms with Gasteiger partial charge in [0.1, 0.15) is 11.5 Å². The van der Waals surface area contributed by atoms with Gasteiger partial charge in [0.2, 0.25) is 0 Å². The number of halogens is 2. The summed E-state index contributed by atoms with van der Waals surface area (Å²) < 4.78 is 40.3. The van der Waals surface area contributed by atoms with Gasteiger partial charge in [0.25, 0.3) is 0 Å². The first-order chi connectivity index (χ1) is 11.7. The van der Waals surface area contributed by atoms with Crippen LogP contribution in [0.25, 0.3) is 0 Å². The first-order valence-corrected chi connectivity index (χ1v) is 9.16. The fourth-order valence-electron chi connectivity index (χ4n) is 3.56. The maximum atomic E-state index is 14.9. The number of hydrogen-bond donors (Lipinski definition) is 0. The second-order valence-electron chi connectivity index (χ2n) is 8.28. The smallest absolute Gasteiger partial charge is 0.398 e. The first kappa shape index (κ1) is 18.6. The molecule has 1 aliphatic carbocycles. The fraction of sp³-hybridized carbons (Fsp3) is 0.600. The molecule has 1 aromatic rings. The Bertz CT molecular complexity index is 643. The molecule has 1 saturated carbocycles. The van der Waals surface area contributed by atoms with Gasteiger partial charge in [-0.3, -0.25) is 0 Å². The molecule has 0 N–H and O–H groups in total. The highest BCUT2D eigenvalue weighted by Crippen LogP contribution is 2.41. The number of allylic oxidation sites excluding steroid dienone is 1. The van der Waals surface area contributed by atoms with Gasteiger partial charge in [-0.05, 0) is 82.9 Å². The summed E-state index contributed by atoms with van der Waals surface area (Å²) in [6.07, 6.45) is 3.84. The molecule has 1 aliphatic heterocycles. The van der Waals surface area contributed by atoms with Crippen molar-refractivity contribution < 1.29 is 18.1 Å². The Morgan fingerprint density at radius 3 is 2.20 bits per heavy atom. The second-order valence-corrected chi connectivity index (χ2v) is 8.28. The number of hydrogen-bond acceptors (Lipinski definition) is 2. The standard InChI is InChI=1S/C20H27BF2O2/c1-19(2)20(3,4)25-21(24-19)18(23)15-11-9-14(10-12-15)13-16-7-5-6-8-17(16)22/h5-8,14H,9-13H2,1-4H3. The fourth-order valence-corrected chi connectivity index (χ4v) is 3.56. The molecule has 1 aromatic carbocycles. The van der Waals surface area contributed by atoms with Crippen LogP contribution in [0.5, 0.6) is 0 Å². The van der Waals surface area contributed by atoms with E-state index < -0.39 is 18.3 Å². The van der Waals surface area contributed by atoms with E-state index in [1.165, 1.54) is 6.07 Å².